The summed E-state index contributed by atoms with van der Waals surface area (Å²) in [4.78, 5) is 11.5. The number of rotatable bonds is 4. The van der Waals surface area contributed by atoms with Crippen LogP contribution in [0, 0.1) is 20.8 Å². The number of nitrogens with one attached hydrogen (secondary N) is 1. The van der Waals surface area contributed by atoms with Gasteiger partial charge in [-0.15, -0.1) is 0 Å². The van der Waals surface area contributed by atoms with Crippen LogP contribution in [-0.2, 0) is 11.3 Å². The van der Waals surface area contributed by atoms with Crippen LogP contribution in [-0.4, -0.2) is 13.1 Å². The summed E-state index contributed by atoms with van der Waals surface area (Å²) in [6.45, 7) is 6.37. The first-order valence-corrected chi connectivity index (χ1v) is 7.40. The van der Waals surface area contributed by atoms with E-state index in [1.807, 2.05) is 0 Å². The highest BCUT2D eigenvalue weighted by atomic mass is 79.9. The van der Waals surface area contributed by atoms with E-state index in [2.05, 4.69) is 47.2 Å². The molecule has 0 fully saturated rings. The lowest BCUT2D eigenvalue weighted by Crippen LogP contribution is -2.01. The molecule has 0 radical (unpaired) electrons. The number of aryl methyl sites for hydroxylation is 3. The minimum absolute atomic E-state index is 0.377. The van der Waals surface area contributed by atoms with Gasteiger partial charge < -0.3 is 14.5 Å². The van der Waals surface area contributed by atoms with E-state index in [1.165, 1.54) is 18.2 Å². The standard InChI is InChI=1S/C16H18BrNO3/c1-9-5-12(6-10(2)15(9)17)18-8-13-7-14(11(3)21-13)16(19)20-4/h5-7,18H,8H2,1-4H3. The molecule has 21 heavy (non-hydrogen) atoms. The number of ether oxygens (including phenoxy) is 1. The van der Waals surface area contributed by atoms with Gasteiger partial charge in [-0.25, -0.2) is 4.79 Å². The Bertz CT molecular complexity index is 653. The number of furan rings is 1. The van der Waals surface area contributed by atoms with Gasteiger partial charge in [0.05, 0.1) is 13.7 Å². The Labute approximate surface area is 132 Å². The monoisotopic (exact) mass is 351 g/mol. The summed E-state index contributed by atoms with van der Waals surface area (Å²) >= 11 is 3.55. The molecule has 1 aromatic carbocycles. The Hall–Kier alpha value is -1.75. The third-order valence-electron chi connectivity index (χ3n) is 3.28. The largest absolute Gasteiger partial charge is 0.465 e. The molecule has 0 atom stereocenters. The van der Waals surface area contributed by atoms with Crippen molar-refractivity contribution in [3.63, 3.8) is 0 Å². The smallest absolute Gasteiger partial charge is 0.341 e. The van der Waals surface area contributed by atoms with Crippen LogP contribution in [0.4, 0.5) is 5.69 Å². The minimum atomic E-state index is -0.377. The van der Waals surface area contributed by atoms with Crippen molar-refractivity contribution < 1.29 is 13.9 Å². The molecule has 0 saturated carbocycles. The molecule has 0 spiro atoms. The molecule has 1 heterocycles. The van der Waals surface area contributed by atoms with Gasteiger partial charge in [0.1, 0.15) is 17.1 Å². The second kappa shape index (κ2) is 6.35. The van der Waals surface area contributed by atoms with Crippen molar-refractivity contribution in [3.05, 3.63) is 50.9 Å². The summed E-state index contributed by atoms with van der Waals surface area (Å²) < 4.78 is 11.4. The molecule has 2 aromatic rings. The number of anilines is 1. The number of benzene rings is 1. The number of esters is 1. The fourth-order valence-electron chi connectivity index (χ4n) is 2.18. The van der Waals surface area contributed by atoms with E-state index < -0.39 is 0 Å². The Balaban J connectivity index is 2.12. The molecule has 5 heteroatoms. The van der Waals surface area contributed by atoms with Crippen molar-refractivity contribution in [2.24, 2.45) is 0 Å². The highest BCUT2D eigenvalue weighted by Crippen LogP contribution is 2.25. The molecule has 0 aliphatic carbocycles. The maximum Gasteiger partial charge on any atom is 0.341 e. The van der Waals surface area contributed by atoms with Crippen molar-refractivity contribution >= 4 is 27.6 Å². The number of methoxy groups -OCH3 is 1. The fraction of sp³-hybridized carbons (Fsp3) is 0.312. The molecule has 112 valence electrons. The van der Waals surface area contributed by atoms with E-state index in [-0.39, 0.29) is 5.97 Å². The van der Waals surface area contributed by atoms with E-state index in [0.717, 1.165) is 10.2 Å². The Kier molecular flexibility index (Phi) is 4.73. The van der Waals surface area contributed by atoms with Gasteiger partial charge in [0.2, 0.25) is 0 Å². The van der Waals surface area contributed by atoms with Crippen molar-refractivity contribution in [1.82, 2.24) is 0 Å². The Morgan fingerprint density at radius 1 is 1.24 bits per heavy atom. The predicted molar refractivity (Wildman–Crippen MR) is 85.7 cm³/mol. The SMILES string of the molecule is COC(=O)c1cc(CNc2cc(C)c(Br)c(C)c2)oc1C. The molecule has 1 N–H and O–H groups in total. The molecule has 2 rings (SSSR count). The number of carbonyl (C=O) groups excluding carboxylic acids is 1. The first-order chi connectivity index (χ1) is 9.92. The molecule has 4 nitrogen and oxygen atoms in total. The number of halogens is 1. The van der Waals surface area contributed by atoms with Gasteiger partial charge in [0, 0.05) is 10.2 Å². The van der Waals surface area contributed by atoms with E-state index in [4.69, 9.17) is 9.15 Å². The number of carbonyl (C=O) groups is 1. The lowest BCUT2D eigenvalue weighted by molar-refractivity contribution is 0.0599. The second-order valence-corrected chi connectivity index (χ2v) is 5.74. The molecule has 0 unspecified atom stereocenters. The van der Waals surface area contributed by atoms with Gasteiger partial charge in [0.25, 0.3) is 0 Å². The van der Waals surface area contributed by atoms with Gasteiger partial charge in [-0.05, 0) is 50.1 Å². The van der Waals surface area contributed by atoms with E-state index in [0.29, 0.717) is 23.6 Å². The van der Waals surface area contributed by atoms with Gasteiger partial charge in [-0.3, -0.25) is 0 Å². The molecule has 0 saturated heterocycles. The first kappa shape index (κ1) is 15.6. The molecule has 0 aliphatic rings. The van der Waals surface area contributed by atoms with E-state index >= 15 is 0 Å². The van der Waals surface area contributed by atoms with Crippen LogP contribution in [0.3, 0.4) is 0 Å². The molecular weight excluding hydrogens is 334 g/mol. The van der Waals surface area contributed by atoms with Crippen molar-refractivity contribution in [2.75, 3.05) is 12.4 Å². The quantitative estimate of drug-likeness (QED) is 0.831. The van der Waals surface area contributed by atoms with Crippen LogP contribution in [0.2, 0.25) is 0 Å². The molecule has 0 amide bonds. The van der Waals surface area contributed by atoms with E-state index in [1.54, 1.807) is 13.0 Å². The maximum atomic E-state index is 11.5. The number of hydrogen-bond acceptors (Lipinski definition) is 4. The summed E-state index contributed by atoms with van der Waals surface area (Å²) in [7, 11) is 1.36. The summed E-state index contributed by atoms with van der Waals surface area (Å²) in [5, 5.41) is 3.30. The summed E-state index contributed by atoms with van der Waals surface area (Å²) in [5.74, 6) is 0.894. The van der Waals surface area contributed by atoms with E-state index in [9.17, 15) is 4.79 Å². The Morgan fingerprint density at radius 2 is 1.86 bits per heavy atom. The summed E-state index contributed by atoms with van der Waals surface area (Å²) in [6.07, 6.45) is 0. The van der Waals surface area contributed by atoms with Crippen molar-refractivity contribution in [2.45, 2.75) is 27.3 Å². The average molecular weight is 352 g/mol. The van der Waals surface area contributed by atoms with Crippen LogP contribution in [0.25, 0.3) is 0 Å². The number of hydrogen-bond donors (Lipinski definition) is 1. The normalized spacial score (nSPS) is 10.5. The van der Waals surface area contributed by atoms with Gasteiger partial charge >= 0.3 is 5.97 Å². The highest BCUT2D eigenvalue weighted by molar-refractivity contribution is 9.10. The van der Waals surface area contributed by atoms with Gasteiger partial charge in [-0.2, -0.15) is 0 Å². The highest BCUT2D eigenvalue weighted by Gasteiger charge is 2.15. The van der Waals surface area contributed by atoms with Crippen LogP contribution in [0.15, 0.2) is 27.1 Å². The van der Waals surface area contributed by atoms with Gasteiger partial charge in [0.15, 0.2) is 0 Å². The van der Waals surface area contributed by atoms with Gasteiger partial charge in [-0.1, -0.05) is 15.9 Å². The average Bonchev–Trinajstić information content (AvgIpc) is 2.82. The topological polar surface area (TPSA) is 51.5 Å². The first-order valence-electron chi connectivity index (χ1n) is 6.60. The van der Waals surface area contributed by atoms with Crippen molar-refractivity contribution in [3.8, 4) is 0 Å². The second-order valence-electron chi connectivity index (χ2n) is 4.95. The van der Waals surface area contributed by atoms with Crippen LogP contribution in [0.1, 0.15) is 33.0 Å². The molecule has 0 aliphatic heterocycles. The summed E-state index contributed by atoms with van der Waals surface area (Å²) in [5.41, 5.74) is 3.83. The zero-order valence-corrected chi connectivity index (χ0v) is 14.1. The predicted octanol–water partition coefficient (Wildman–Crippen LogP) is 4.37. The zero-order chi connectivity index (χ0) is 15.6. The Morgan fingerprint density at radius 3 is 2.43 bits per heavy atom. The molecule has 0 bridgehead atoms. The minimum Gasteiger partial charge on any atom is -0.465 e. The third kappa shape index (κ3) is 3.47. The fourth-order valence-corrected chi connectivity index (χ4v) is 2.41. The van der Waals surface area contributed by atoms with Crippen LogP contribution >= 0.6 is 15.9 Å². The van der Waals surface area contributed by atoms with Crippen LogP contribution in [0.5, 0.6) is 0 Å². The molecule has 1 aromatic heterocycles. The third-order valence-corrected chi connectivity index (χ3v) is 4.53. The zero-order valence-electron chi connectivity index (χ0n) is 12.5. The lowest BCUT2D eigenvalue weighted by Gasteiger charge is -2.09. The molecular formula is C16H18BrNO3. The van der Waals surface area contributed by atoms with Crippen LogP contribution < -0.4 is 5.32 Å². The summed E-state index contributed by atoms with van der Waals surface area (Å²) in [6, 6.07) is 5.84. The lowest BCUT2D eigenvalue weighted by atomic mass is 10.1. The maximum absolute atomic E-state index is 11.5. The van der Waals surface area contributed by atoms with Crippen molar-refractivity contribution in [1.29, 1.82) is 0 Å².